The Hall–Kier alpha value is -1.98. The molecule has 0 bridgehead atoms. The average Bonchev–Trinajstić information content (AvgIpc) is 2.68. The molecule has 1 amide bonds. The SMILES string of the molecule is C=C(C)C(=O)OC(OCCCC(F)(F)C(F)(F)S(=O)(=O)[O-])(C(=O)N1CCOCC1)C(F)(F)F. The van der Waals surface area contributed by atoms with E-state index >= 15 is 0 Å². The van der Waals surface area contributed by atoms with Gasteiger partial charge in [0.25, 0.3) is 0 Å². The van der Waals surface area contributed by atoms with E-state index in [1.807, 2.05) is 0 Å². The number of amides is 1. The molecule has 0 aromatic carbocycles. The third-order valence-corrected chi connectivity index (χ3v) is 5.14. The van der Waals surface area contributed by atoms with Crippen molar-refractivity contribution in [3.63, 3.8) is 0 Å². The Balaban J connectivity index is 3.17. The van der Waals surface area contributed by atoms with Gasteiger partial charge in [0.15, 0.2) is 10.1 Å². The summed E-state index contributed by atoms with van der Waals surface area (Å²) in [5, 5.41) is -6.06. The smallest absolute Gasteiger partial charge is 0.466 e. The van der Waals surface area contributed by atoms with Crippen LogP contribution in [0, 0.1) is 0 Å². The third-order valence-electron chi connectivity index (χ3n) is 4.22. The van der Waals surface area contributed by atoms with Gasteiger partial charge in [0.05, 0.1) is 19.8 Å². The fraction of sp³-hybridized carbons (Fsp3) is 0.750. The van der Waals surface area contributed by atoms with Crippen LogP contribution in [0.3, 0.4) is 0 Å². The molecule has 1 unspecified atom stereocenters. The van der Waals surface area contributed by atoms with Crippen LogP contribution in [0.1, 0.15) is 19.8 Å². The van der Waals surface area contributed by atoms with Crippen molar-refractivity contribution in [2.45, 2.75) is 42.9 Å². The van der Waals surface area contributed by atoms with Crippen LogP contribution in [0.5, 0.6) is 0 Å². The first-order valence-corrected chi connectivity index (χ1v) is 10.4. The topological polar surface area (TPSA) is 122 Å². The van der Waals surface area contributed by atoms with Crippen molar-refractivity contribution in [3.05, 3.63) is 12.2 Å². The van der Waals surface area contributed by atoms with Gasteiger partial charge in [0.2, 0.25) is 0 Å². The second-order valence-electron chi connectivity index (χ2n) is 6.82. The molecule has 1 atom stereocenters. The fourth-order valence-corrected chi connectivity index (χ4v) is 2.89. The first kappa shape index (κ1) is 29.1. The first-order valence-electron chi connectivity index (χ1n) is 8.98. The van der Waals surface area contributed by atoms with E-state index in [0.29, 0.717) is 4.90 Å². The van der Waals surface area contributed by atoms with E-state index in [0.717, 1.165) is 6.92 Å². The van der Waals surface area contributed by atoms with Crippen LogP contribution in [-0.2, 0) is 33.9 Å². The van der Waals surface area contributed by atoms with Crippen molar-refractivity contribution in [1.29, 1.82) is 0 Å². The molecule has 0 N–H and O–H groups in total. The second-order valence-corrected chi connectivity index (χ2v) is 8.24. The number of hydrogen-bond donors (Lipinski definition) is 0. The number of carbonyl (C=O) groups is 2. The minimum absolute atomic E-state index is 0.181. The predicted octanol–water partition coefficient (Wildman–Crippen LogP) is 1.79. The molecule has 1 aliphatic heterocycles. The maximum absolute atomic E-state index is 13.9. The Morgan fingerprint density at radius 1 is 1.09 bits per heavy atom. The molecule has 33 heavy (non-hydrogen) atoms. The molecule has 0 saturated carbocycles. The molecule has 1 rings (SSSR count). The number of ether oxygens (including phenoxy) is 3. The summed E-state index contributed by atoms with van der Waals surface area (Å²) in [6.45, 7) is 1.36. The normalized spacial score (nSPS) is 17.9. The maximum Gasteiger partial charge on any atom is 0.466 e. The monoisotopic (exact) mass is 518 g/mol. The minimum Gasteiger partial charge on any atom is -0.743 e. The van der Waals surface area contributed by atoms with Crippen molar-refractivity contribution < 1.29 is 67.5 Å². The highest BCUT2D eigenvalue weighted by Gasteiger charge is 2.68. The number of halogens is 7. The quantitative estimate of drug-likeness (QED) is 0.107. The zero-order valence-corrected chi connectivity index (χ0v) is 17.7. The lowest BCUT2D eigenvalue weighted by Gasteiger charge is -2.38. The number of esters is 1. The van der Waals surface area contributed by atoms with E-state index in [-0.39, 0.29) is 26.3 Å². The van der Waals surface area contributed by atoms with Crippen LogP contribution in [0.2, 0.25) is 0 Å². The summed E-state index contributed by atoms with van der Waals surface area (Å²) in [7, 11) is -6.81. The number of morpholine rings is 1. The molecule has 1 fully saturated rings. The Kier molecular flexibility index (Phi) is 8.90. The highest BCUT2D eigenvalue weighted by molar-refractivity contribution is 7.86. The minimum atomic E-state index is -6.81. The second kappa shape index (κ2) is 10.1. The molecular weight excluding hydrogens is 499 g/mol. The van der Waals surface area contributed by atoms with E-state index in [1.54, 1.807) is 0 Å². The molecule has 1 saturated heterocycles. The standard InChI is InChI=1S/C16H20F7NO8S/c1-10(2)11(25)32-14(15(19,20)21,12(26)24-5-8-30-9-6-24)31-7-3-4-13(17,18)16(22,23)33(27,28)29/h1,3-9H2,2H3,(H,27,28,29)/p-1. The number of alkyl halides is 7. The lowest BCUT2D eigenvalue weighted by atomic mass is 10.1. The summed E-state index contributed by atoms with van der Waals surface area (Å²) in [6, 6.07) is 0. The Labute approximate surface area is 183 Å². The zero-order chi connectivity index (χ0) is 25.9. The third kappa shape index (κ3) is 6.33. The summed E-state index contributed by atoms with van der Waals surface area (Å²) in [6.07, 6.45) is -9.27. The van der Waals surface area contributed by atoms with Crippen LogP contribution in [0.4, 0.5) is 30.7 Å². The average molecular weight is 518 g/mol. The van der Waals surface area contributed by atoms with Crippen LogP contribution in [0.15, 0.2) is 12.2 Å². The van der Waals surface area contributed by atoms with Gasteiger partial charge in [-0.1, -0.05) is 6.58 Å². The highest BCUT2D eigenvalue weighted by atomic mass is 32.2. The summed E-state index contributed by atoms with van der Waals surface area (Å²) >= 11 is 0. The number of hydrogen-bond acceptors (Lipinski definition) is 8. The molecule has 0 spiro atoms. The first-order chi connectivity index (χ1) is 14.8. The molecule has 192 valence electrons. The Morgan fingerprint density at radius 3 is 2.03 bits per heavy atom. The summed E-state index contributed by atoms with van der Waals surface area (Å²) in [5.41, 5.74) is -0.589. The lowest BCUT2D eigenvalue weighted by Crippen LogP contribution is -2.63. The van der Waals surface area contributed by atoms with Gasteiger partial charge in [0.1, 0.15) is 0 Å². The molecular formula is C16H19F7NO8S-. The van der Waals surface area contributed by atoms with E-state index in [2.05, 4.69) is 16.1 Å². The molecule has 9 nitrogen and oxygen atoms in total. The van der Waals surface area contributed by atoms with Gasteiger partial charge in [-0.15, -0.1) is 0 Å². The summed E-state index contributed by atoms with van der Waals surface area (Å²) in [5.74, 6) is -13.5. The Morgan fingerprint density at radius 2 is 1.61 bits per heavy atom. The van der Waals surface area contributed by atoms with Crippen molar-refractivity contribution in [2.75, 3.05) is 32.9 Å². The molecule has 1 aliphatic rings. The van der Waals surface area contributed by atoms with Crippen molar-refractivity contribution in [3.8, 4) is 0 Å². The number of nitrogens with zero attached hydrogens (tertiary/aromatic N) is 1. The van der Waals surface area contributed by atoms with Gasteiger partial charge >= 0.3 is 35.0 Å². The summed E-state index contributed by atoms with van der Waals surface area (Å²) < 4.78 is 140. The highest BCUT2D eigenvalue weighted by Crippen LogP contribution is 2.42. The van der Waals surface area contributed by atoms with E-state index < -0.39 is 70.2 Å². The van der Waals surface area contributed by atoms with Crippen LogP contribution >= 0.6 is 0 Å². The maximum atomic E-state index is 13.9. The molecule has 0 aromatic rings. The largest absolute Gasteiger partial charge is 0.743 e. The van der Waals surface area contributed by atoms with Gasteiger partial charge in [-0.25, -0.2) is 13.2 Å². The molecule has 0 aromatic heterocycles. The van der Waals surface area contributed by atoms with Crippen molar-refractivity contribution in [1.82, 2.24) is 4.90 Å². The molecule has 1 heterocycles. The van der Waals surface area contributed by atoms with Gasteiger partial charge in [-0.2, -0.15) is 30.7 Å². The van der Waals surface area contributed by atoms with Crippen molar-refractivity contribution in [2.24, 2.45) is 0 Å². The van der Waals surface area contributed by atoms with Gasteiger partial charge in [-0.3, -0.25) is 4.79 Å². The van der Waals surface area contributed by atoms with E-state index in [1.165, 1.54) is 0 Å². The van der Waals surface area contributed by atoms with E-state index in [9.17, 15) is 53.3 Å². The molecule has 17 heteroatoms. The number of rotatable bonds is 10. The van der Waals surface area contributed by atoms with Gasteiger partial charge < -0.3 is 23.7 Å². The zero-order valence-electron chi connectivity index (χ0n) is 16.9. The van der Waals surface area contributed by atoms with E-state index in [4.69, 9.17) is 4.74 Å². The number of carbonyl (C=O) groups excluding carboxylic acids is 2. The fourth-order valence-electron chi connectivity index (χ4n) is 2.43. The molecule has 0 radical (unpaired) electrons. The van der Waals surface area contributed by atoms with Crippen LogP contribution in [0.25, 0.3) is 0 Å². The Bertz CT molecular complexity index is 855. The van der Waals surface area contributed by atoms with Crippen LogP contribution in [-0.4, -0.2) is 85.8 Å². The van der Waals surface area contributed by atoms with Gasteiger partial charge in [0, 0.05) is 25.1 Å². The van der Waals surface area contributed by atoms with Crippen molar-refractivity contribution >= 4 is 22.0 Å². The van der Waals surface area contributed by atoms with Gasteiger partial charge in [-0.05, 0) is 13.3 Å². The lowest BCUT2D eigenvalue weighted by molar-refractivity contribution is -0.351. The predicted molar refractivity (Wildman–Crippen MR) is 91.9 cm³/mol. The summed E-state index contributed by atoms with van der Waals surface area (Å²) in [4.78, 5) is 25.0. The molecule has 0 aliphatic carbocycles. The van der Waals surface area contributed by atoms with Crippen LogP contribution < -0.4 is 0 Å².